The summed E-state index contributed by atoms with van der Waals surface area (Å²) in [5.41, 5.74) is 5.38. The van der Waals surface area contributed by atoms with Crippen molar-refractivity contribution in [2.45, 2.75) is 27.7 Å². The molecule has 0 aliphatic carbocycles. The van der Waals surface area contributed by atoms with Crippen LogP contribution in [0.15, 0.2) is 78.9 Å². The molecule has 168 valence electrons. The van der Waals surface area contributed by atoms with Gasteiger partial charge in [-0.25, -0.2) is 14.0 Å². The molecule has 0 saturated carbocycles. The quantitative estimate of drug-likeness (QED) is 0.240. The van der Waals surface area contributed by atoms with E-state index < -0.39 is 17.8 Å². The van der Waals surface area contributed by atoms with Crippen molar-refractivity contribution in [2.75, 3.05) is 0 Å². The minimum atomic E-state index is -0.599. The molecule has 0 fully saturated rings. The molecule has 33 heavy (non-hydrogen) atoms. The second-order valence-corrected chi connectivity index (χ2v) is 7.99. The van der Waals surface area contributed by atoms with Gasteiger partial charge in [-0.05, 0) is 79.8 Å². The van der Waals surface area contributed by atoms with E-state index in [2.05, 4.69) is 13.2 Å². The lowest BCUT2D eigenvalue weighted by Crippen LogP contribution is -2.09. The van der Waals surface area contributed by atoms with Crippen molar-refractivity contribution in [3.63, 3.8) is 0 Å². The molecule has 0 N–H and O–H groups in total. The number of benzene rings is 3. The van der Waals surface area contributed by atoms with Crippen molar-refractivity contribution in [1.29, 1.82) is 0 Å². The predicted molar refractivity (Wildman–Crippen MR) is 128 cm³/mol. The molecule has 0 aliphatic rings. The van der Waals surface area contributed by atoms with E-state index in [9.17, 15) is 14.0 Å². The number of aryl methyl sites for hydroxylation is 2. The molecule has 5 heteroatoms. The van der Waals surface area contributed by atoms with Crippen LogP contribution in [-0.2, 0) is 9.59 Å². The van der Waals surface area contributed by atoms with Crippen molar-refractivity contribution >= 4 is 11.9 Å². The Hall–Kier alpha value is -3.99. The van der Waals surface area contributed by atoms with Gasteiger partial charge in [-0.1, -0.05) is 37.4 Å². The standard InChI is InChI=1S/C28H25FO4/c1-16(2)27(30)32-22-9-11-24(25(29)15-22)21-7-10-23(18(5)13-21)20-8-12-26(19(6)14-20)33-28(31)17(3)4/h7-15H,1,3H2,2,4-6H3. The van der Waals surface area contributed by atoms with E-state index in [1.165, 1.54) is 13.0 Å². The summed E-state index contributed by atoms with van der Waals surface area (Å²) in [5, 5.41) is 0. The summed E-state index contributed by atoms with van der Waals surface area (Å²) in [7, 11) is 0. The summed E-state index contributed by atoms with van der Waals surface area (Å²) < 4.78 is 25.2. The van der Waals surface area contributed by atoms with Crippen molar-refractivity contribution in [3.05, 3.63) is 95.8 Å². The normalized spacial score (nSPS) is 10.5. The van der Waals surface area contributed by atoms with Gasteiger partial charge >= 0.3 is 11.9 Å². The number of hydrogen-bond acceptors (Lipinski definition) is 4. The number of rotatable bonds is 6. The third-order valence-corrected chi connectivity index (χ3v) is 5.07. The molecule has 3 aromatic carbocycles. The maximum absolute atomic E-state index is 14.7. The fraction of sp³-hybridized carbons (Fsp3) is 0.143. The molecule has 3 aromatic rings. The molecule has 0 aromatic heterocycles. The van der Waals surface area contributed by atoms with Gasteiger partial charge in [-0.3, -0.25) is 0 Å². The number of halogens is 1. The Morgan fingerprint density at radius 1 is 0.727 bits per heavy atom. The van der Waals surface area contributed by atoms with Gasteiger partial charge in [0.15, 0.2) is 0 Å². The second kappa shape index (κ2) is 9.65. The lowest BCUT2D eigenvalue weighted by Gasteiger charge is -2.13. The molecule has 0 atom stereocenters. The first kappa shape index (κ1) is 23.7. The van der Waals surface area contributed by atoms with Crippen molar-refractivity contribution in [2.24, 2.45) is 0 Å². The van der Waals surface area contributed by atoms with Crippen LogP contribution in [0.2, 0.25) is 0 Å². The smallest absolute Gasteiger partial charge is 0.338 e. The van der Waals surface area contributed by atoms with E-state index in [-0.39, 0.29) is 11.3 Å². The van der Waals surface area contributed by atoms with Gasteiger partial charge in [0.1, 0.15) is 17.3 Å². The van der Waals surface area contributed by atoms with E-state index in [0.29, 0.717) is 22.4 Å². The Kier molecular flexibility index (Phi) is 6.92. The van der Waals surface area contributed by atoms with Crippen LogP contribution < -0.4 is 9.47 Å². The van der Waals surface area contributed by atoms with Crippen LogP contribution in [0.4, 0.5) is 4.39 Å². The van der Waals surface area contributed by atoms with Gasteiger partial charge < -0.3 is 9.47 Å². The van der Waals surface area contributed by atoms with Crippen molar-refractivity contribution in [1.82, 2.24) is 0 Å². The number of carbonyl (C=O) groups excluding carboxylic acids is 2. The molecule has 0 heterocycles. The zero-order chi connectivity index (χ0) is 24.3. The predicted octanol–water partition coefficient (Wildman–Crippen LogP) is 6.74. The summed E-state index contributed by atoms with van der Waals surface area (Å²) in [6.45, 7) is 14.1. The third-order valence-electron chi connectivity index (χ3n) is 5.07. The van der Waals surface area contributed by atoms with Gasteiger partial charge in [-0.15, -0.1) is 0 Å². The van der Waals surface area contributed by atoms with Crippen molar-refractivity contribution < 1.29 is 23.5 Å². The molecule has 0 radical (unpaired) electrons. The summed E-state index contributed by atoms with van der Waals surface area (Å²) in [6, 6.07) is 15.6. The highest BCUT2D eigenvalue weighted by molar-refractivity contribution is 5.89. The van der Waals surface area contributed by atoms with Crippen LogP contribution in [0.5, 0.6) is 11.5 Å². The summed E-state index contributed by atoms with van der Waals surface area (Å²) in [6.07, 6.45) is 0. The Morgan fingerprint density at radius 3 is 1.85 bits per heavy atom. The van der Waals surface area contributed by atoms with E-state index in [0.717, 1.165) is 22.3 Å². The van der Waals surface area contributed by atoms with Crippen LogP contribution in [0.3, 0.4) is 0 Å². The Balaban J connectivity index is 1.87. The number of carbonyl (C=O) groups is 2. The zero-order valence-corrected chi connectivity index (χ0v) is 19.1. The monoisotopic (exact) mass is 444 g/mol. The largest absolute Gasteiger partial charge is 0.423 e. The highest BCUT2D eigenvalue weighted by Crippen LogP contribution is 2.33. The van der Waals surface area contributed by atoms with Crippen LogP contribution in [0.1, 0.15) is 25.0 Å². The summed E-state index contributed by atoms with van der Waals surface area (Å²) in [5.74, 6) is -0.948. The van der Waals surface area contributed by atoms with Gasteiger partial charge in [0.05, 0.1) is 0 Å². The number of esters is 2. The molecule has 0 aliphatic heterocycles. The number of hydrogen-bond donors (Lipinski definition) is 0. The highest BCUT2D eigenvalue weighted by atomic mass is 19.1. The molecule has 0 unspecified atom stereocenters. The Labute approximate surface area is 193 Å². The fourth-order valence-electron chi connectivity index (χ4n) is 3.26. The molecule has 0 amide bonds. The average Bonchev–Trinajstić information content (AvgIpc) is 2.75. The van der Waals surface area contributed by atoms with Crippen LogP contribution in [0.25, 0.3) is 22.3 Å². The van der Waals surface area contributed by atoms with Crippen LogP contribution in [-0.4, -0.2) is 11.9 Å². The average molecular weight is 445 g/mol. The topological polar surface area (TPSA) is 52.6 Å². The summed E-state index contributed by atoms with van der Waals surface area (Å²) in [4.78, 5) is 23.4. The molecule has 4 nitrogen and oxygen atoms in total. The van der Waals surface area contributed by atoms with Gasteiger partial charge in [0.2, 0.25) is 0 Å². The van der Waals surface area contributed by atoms with Gasteiger partial charge in [-0.2, -0.15) is 0 Å². The fourth-order valence-corrected chi connectivity index (χ4v) is 3.26. The van der Waals surface area contributed by atoms with Crippen LogP contribution in [0, 0.1) is 19.7 Å². The van der Waals surface area contributed by atoms with Crippen molar-refractivity contribution in [3.8, 4) is 33.8 Å². The molecule has 3 rings (SSSR count). The number of ether oxygens (including phenoxy) is 2. The minimum absolute atomic E-state index is 0.125. The Morgan fingerprint density at radius 2 is 1.27 bits per heavy atom. The lowest BCUT2D eigenvalue weighted by atomic mass is 9.94. The molecule has 0 bridgehead atoms. The van der Waals surface area contributed by atoms with Gasteiger partial charge in [0, 0.05) is 22.8 Å². The maximum Gasteiger partial charge on any atom is 0.338 e. The van der Waals surface area contributed by atoms with Crippen LogP contribution >= 0.6 is 0 Å². The minimum Gasteiger partial charge on any atom is -0.423 e. The Bertz CT molecular complexity index is 1290. The maximum atomic E-state index is 14.7. The first-order valence-corrected chi connectivity index (χ1v) is 10.3. The molecular weight excluding hydrogens is 419 g/mol. The van der Waals surface area contributed by atoms with E-state index in [1.54, 1.807) is 25.1 Å². The van der Waals surface area contributed by atoms with E-state index in [4.69, 9.17) is 9.47 Å². The van der Waals surface area contributed by atoms with Gasteiger partial charge in [0.25, 0.3) is 0 Å². The third kappa shape index (κ3) is 5.44. The zero-order valence-electron chi connectivity index (χ0n) is 19.1. The molecule has 0 spiro atoms. The summed E-state index contributed by atoms with van der Waals surface area (Å²) >= 11 is 0. The second-order valence-electron chi connectivity index (χ2n) is 7.99. The lowest BCUT2D eigenvalue weighted by molar-refractivity contribution is -0.131. The SMILES string of the molecule is C=C(C)C(=O)Oc1ccc(-c2ccc(-c3ccc(OC(=O)C(=C)C)c(C)c3)c(C)c2)c(F)c1. The van der Waals surface area contributed by atoms with E-state index in [1.807, 2.05) is 44.2 Å². The molecular formula is C28H25FO4. The first-order valence-electron chi connectivity index (χ1n) is 10.3. The van der Waals surface area contributed by atoms with E-state index >= 15 is 0 Å². The first-order chi connectivity index (χ1) is 15.6. The molecule has 0 saturated heterocycles. The highest BCUT2D eigenvalue weighted by Gasteiger charge is 2.13.